The lowest BCUT2D eigenvalue weighted by Crippen LogP contribution is -2.34. The molecule has 1 aromatic rings. The molecule has 0 radical (unpaired) electrons. The zero-order valence-corrected chi connectivity index (χ0v) is 13.4. The van der Waals surface area contributed by atoms with Crippen molar-refractivity contribution in [2.75, 3.05) is 40.8 Å². The summed E-state index contributed by atoms with van der Waals surface area (Å²) < 4.78 is 9.78. The van der Waals surface area contributed by atoms with Crippen LogP contribution in [0, 0.1) is 0 Å². The predicted molar refractivity (Wildman–Crippen MR) is 84.1 cm³/mol. The fraction of sp³-hybridized carbons (Fsp3) is 0.500. The highest BCUT2D eigenvalue weighted by Gasteiger charge is 2.13. The standard InChI is InChI=1S/C16H24N2O4/c1-17(2)10-5-11-18(12-9-16(20)21-3)15(19)8-7-14-6-4-13-22-14/h4,6-8,13H,5,9-12H2,1-3H3/b8-7+. The SMILES string of the molecule is COC(=O)CCN(CCCN(C)C)C(=O)/C=C/c1ccco1. The summed E-state index contributed by atoms with van der Waals surface area (Å²) in [4.78, 5) is 27.2. The van der Waals surface area contributed by atoms with Crippen LogP contribution in [-0.4, -0.2) is 62.5 Å². The first-order chi connectivity index (χ1) is 10.5. The van der Waals surface area contributed by atoms with Crippen molar-refractivity contribution in [3.63, 3.8) is 0 Å². The normalized spacial score (nSPS) is 11.1. The van der Waals surface area contributed by atoms with Gasteiger partial charge >= 0.3 is 5.97 Å². The molecule has 0 saturated carbocycles. The lowest BCUT2D eigenvalue weighted by Gasteiger charge is -2.21. The topological polar surface area (TPSA) is 63.0 Å². The van der Waals surface area contributed by atoms with Crippen LogP contribution >= 0.6 is 0 Å². The predicted octanol–water partition coefficient (Wildman–Crippen LogP) is 1.64. The maximum Gasteiger partial charge on any atom is 0.307 e. The molecule has 122 valence electrons. The van der Waals surface area contributed by atoms with Crippen LogP contribution < -0.4 is 0 Å². The Morgan fingerprint density at radius 2 is 2.05 bits per heavy atom. The van der Waals surface area contributed by atoms with Gasteiger partial charge in [-0.3, -0.25) is 9.59 Å². The Kier molecular flexibility index (Phi) is 7.99. The van der Waals surface area contributed by atoms with Crippen LogP contribution in [0.1, 0.15) is 18.6 Å². The Morgan fingerprint density at radius 1 is 1.27 bits per heavy atom. The molecule has 22 heavy (non-hydrogen) atoms. The summed E-state index contributed by atoms with van der Waals surface area (Å²) >= 11 is 0. The third-order valence-corrected chi connectivity index (χ3v) is 3.09. The van der Waals surface area contributed by atoms with Crippen LogP contribution in [0.25, 0.3) is 6.08 Å². The fourth-order valence-electron chi connectivity index (χ4n) is 1.88. The number of hydrogen-bond acceptors (Lipinski definition) is 5. The lowest BCUT2D eigenvalue weighted by atomic mass is 10.3. The van der Waals surface area contributed by atoms with E-state index in [1.54, 1.807) is 29.4 Å². The number of ether oxygens (including phenoxy) is 1. The van der Waals surface area contributed by atoms with Crippen LogP contribution in [-0.2, 0) is 14.3 Å². The van der Waals surface area contributed by atoms with E-state index in [0.29, 0.717) is 18.8 Å². The molecule has 0 unspecified atom stereocenters. The summed E-state index contributed by atoms with van der Waals surface area (Å²) in [6.07, 6.45) is 5.68. The highest BCUT2D eigenvalue weighted by Crippen LogP contribution is 2.05. The number of esters is 1. The van der Waals surface area contributed by atoms with Gasteiger partial charge in [-0.2, -0.15) is 0 Å². The third-order valence-electron chi connectivity index (χ3n) is 3.09. The fourth-order valence-corrected chi connectivity index (χ4v) is 1.88. The van der Waals surface area contributed by atoms with Gasteiger partial charge < -0.3 is 19.0 Å². The molecule has 0 fully saturated rings. The summed E-state index contributed by atoms with van der Waals surface area (Å²) in [5.41, 5.74) is 0. The molecule has 0 aliphatic heterocycles. The van der Waals surface area contributed by atoms with Gasteiger partial charge in [0.05, 0.1) is 19.8 Å². The van der Waals surface area contributed by atoms with Crippen LogP contribution in [0.15, 0.2) is 28.9 Å². The minimum absolute atomic E-state index is 0.140. The summed E-state index contributed by atoms with van der Waals surface area (Å²) in [7, 11) is 5.31. The quantitative estimate of drug-likeness (QED) is 0.512. The van der Waals surface area contributed by atoms with E-state index < -0.39 is 0 Å². The largest absolute Gasteiger partial charge is 0.469 e. The monoisotopic (exact) mass is 308 g/mol. The van der Waals surface area contributed by atoms with E-state index in [0.717, 1.165) is 13.0 Å². The van der Waals surface area contributed by atoms with Gasteiger partial charge in [-0.25, -0.2) is 0 Å². The molecular formula is C16H24N2O4. The zero-order chi connectivity index (χ0) is 16.4. The van der Waals surface area contributed by atoms with Crippen LogP contribution in [0.4, 0.5) is 0 Å². The van der Waals surface area contributed by atoms with Gasteiger partial charge in [0, 0.05) is 19.2 Å². The minimum Gasteiger partial charge on any atom is -0.469 e. The van der Waals surface area contributed by atoms with E-state index in [2.05, 4.69) is 9.64 Å². The molecule has 1 amide bonds. The van der Waals surface area contributed by atoms with Crippen molar-refractivity contribution in [3.05, 3.63) is 30.2 Å². The van der Waals surface area contributed by atoms with E-state index in [9.17, 15) is 9.59 Å². The molecule has 1 heterocycles. The highest BCUT2D eigenvalue weighted by atomic mass is 16.5. The second-order valence-electron chi connectivity index (χ2n) is 5.16. The Morgan fingerprint density at radius 3 is 2.64 bits per heavy atom. The van der Waals surface area contributed by atoms with Gasteiger partial charge in [0.1, 0.15) is 5.76 Å². The van der Waals surface area contributed by atoms with Crippen molar-refractivity contribution in [2.45, 2.75) is 12.8 Å². The van der Waals surface area contributed by atoms with E-state index in [1.807, 2.05) is 14.1 Å². The van der Waals surface area contributed by atoms with E-state index in [-0.39, 0.29) is 18.3 Å². The maximum atomic E-state index is 12.2. The van der Waals surface area contributed by atoms with Crippen molar-refractivity contribution in [3.8, 4) is 0 Å². The van der Waals surface area contributed by atoms with Gasteiger partial charge in [0.25, 0.3) is 0 Å². The molecular weight excluding hydrogens is 284 g/mol. The first-order valence-corrected chi connectivity index (χ1v) is 7.25. The molecule has 0 atom stereocenters. The van der Waals surface area contributed by atoms with Gasteiger partial charge in [0.15, 0.2) is 0 Å². The number of carbonyl (C=O) groups is 2. The average Bonchev–Trinajstić information content (AvgIpc) is 3.00. The molecule has 1 rings (SSSR count). The number of amides is 1. The smallest absolute Gasteiger partial charge is 0.307 e. The number of rotatable bonds is 9. The van der Waals surface area contributed by atoms with Crippen LogP contribution in [0.2, 0.25) is 0 Å². The lowest BCUT2D eigenvalue weighted by molar-refractivity contribution is -0.141. The van der Waals surface area contributed by atoms with Crippen molar-refractivity contribution in [2.24, 2.45) is 0 Å². The van der Waals surface area contributed by atoms with Gasteiger partial charge in [0.2, 0.25) is 5.91 Å². The molecule has 6 nitrogen and oxygen atoms in total. The molecule has 0 bridgehead atoms. The Bertz CT molecular complexity index is 480. The molecule has 0 spiro atoms. The molecule has 0 aromatic carbocycles. The Balaban J connectivity index is 2.57. The minimum atomic E-state index is -0.319. The first-order valence-electron chi connectivity index (χ1n) is 7.25. The van der Waals surface area contributed by atoms with Crippen molar-refractivity contribution in [1.29, 1.82) is 0 Å². The number of hydrogen-bond donors (Lipinski definition) is 0. The summed E-state index contributed by atoms with van der Waals surface area (Å²) in [6, 6.07) is 3.53. The highest BCUT2D eigenvalue weighted by molar-refractivity contribution is 5.91. The van der Waals surface area contributed by atoms with Gasteiger partial charge in [-0.15, -0.1) is 0 Å². The van der Waals surface area contributed by atoms with Gasteiger partial charge in [-0.1, -0.05) is 0 Å². The summed E-state index contributed by atoms with van der Waals surface area (Å²) in [5.74, 6) is 0.161. The first kappa shape index (κ1) is 18.0. The van der Waals surface area contributed by atoms with E-state index >= 15 is 0 Å². The molecule has 6 heteroatoms. The zero-order valence-electron chi connectivity index (χ0n) is 13.4. The number of nitrogens with zero attached hydrogens (tertiary/aromatic N) is 2. The second kappa shape index (κ2) is 9.78. The summed E-state index contributed by atoms with van der Waals surface area (Å²) in [5, 5.41) is 0. The Hall–Kier alpha value is -2.08. The number of furan rings is 1. The number of carbonyl (C=O) groups excluding carboxylic acids is 2. The average molecular weight is 308 g/mol. The molecule has 0 N–H and O–H groups in total. The van der Waals surface area contributed by atoms with Crippen molar-refractivity contribution in [1.82, 2.24) is 9.80 Å². The second-order valence-corrected chi connectivity index (χ2v) is 5.16. The molecule has 0 aliphatic carbocycles. The van der Waals surface area contributed by atoms with Gasteiger partial charge in [-0.05, 0) is 45.3 Å². The number of methoxy groups -OCH3 is 1. The van der Waals surface area contributed by atoms with Crippen molar-refractivity contribution < 1.29 is 18.7 Å². The third kappa shape index (κ3) is 7.08. The van der Waals surface area contributed by atoms with E-state index in [4.69, 9.17) is 4.42 Å². The molecule has 0 saturated heterocycles. The van der Waals surface area contributed by atoms with E-state index in [1.165, 1.54) is 13.2 Å². The van der Waals surface area contributed by atoms with Crippen LogP contribution in [0.3, 0.4) is 0 Å². The Labute approximate surface area is 131 Å². The van der Waals surface area contributed by atoms with Crippen molar-refractivity contribution >= 4 is 18.0 Å². The van der Waals surface area contributed by atoms with Crippen LogP contribution in [0.5, 0.6) is 0 Å². The molecule has 1 aromatic heterocycles. The maximum absolute atomic E-state index is 12.2. The molecule has 0 aliphatic rings. The summed E-state index contributed by atoms with van der Waals surface area (Å²) in [6.45, 7) is 1.82.